The van der Waals surface area contributed by atoms with Crippen molar-refractivity contribution >= 4 is 26.6 Å². The summed E-state index contributed by atoms with van der Waals surface area (Å²) in [5.41, 5.74) is 7.42. The number of anilines is 1. The molecule has 0 fully saturated rings. The molecule has 0 aliphatic rings. The molecule has 0 aliphatic carbocycles. The predicted octanol–water partition coefficient (Wildman–Crippen LogP) is 3.50. The fraction of sp³-hybridized carbons (Fsp3) is 0.0588. The third kappa shape index (κ3) is 2.63. The van der Waals surface area contributed by atoms with Crippen LogP contribution in [0.15, 0.2) is 65.6 Å². The van der Waals surface area contributed by atoms with Gasteiger partial charge in [-0.3, -0.25) is 0 Å². The number of hydrogen-bond acceptors (Lipinski definition) is 4. The molecule has 0 heterocycles. The van der Waals surface area contributed by atoms with Crippen LogP contribution in [-0.4, -0.2) is 8.42 Å². The van der Waals surface area contributed by atoms with Gasteiger partial charge in [-0.05, 0) is 36.6 Å². The van der Waals surface area contributed by atoms with Crippen LogP contribution in [0, 0.1) is 6.92 Å². The number of nitrogens with two attached hydrogens (primary N) is 1. The molecule has 2 N–H and O–H groups in total. The van der Waals surface area contributed by atoms with Gasteiger partial charge in [0.15, 0.2) is 5.75 Å². The average molecular weight is 313 g/mol. The third-order valence-corrected chi connectivity index (χ3v) is 4.66. The second kappa shape index (κ2) is 5.35. The maximum absolute atomic E-state index is 12.4. The molecule has 0 saturated carbocycles. The lowest BCUT2D eigenvalue weighted by Crippen LogP contribution is -2.10. The molecular weight excluding hydrogens is 298 g/mol. The molecule has 3 aromatic carbocycles. The summed E-state index contributed by atoms with van der Waals surface area (Å²) in [5.74, 6) is 0.233. The van der Waals surface area contributed by atoms with Crippen LogP contribution < -0.4 is 9.92 Å². The highest BCUT2D eigenvalue weighted by atomic mass is 32.2. The topological polar surface area (TPSA) is 69.4 Å². The Labute approximate surface area is 129 Å². The molecule has 0 bridgehead atoms. The zero-order chi connectivity index (χ0) is 15.7. The van der Waals surface area contributed by atoms with Gasteiger partial charge in [0.25, 0.3) is 0 Å². The fourth-order valence-electron chi connectivity index (χ4n) is 2.28. The highest BCUT2D eigenvalue weighted by Gasteiger charge is 2.18. The molecular formula is C17H15NO3S. The van der Waals surface area contributed by atoms with Crippen molar-refractivity contribution < 1.29 is 12.6 Å². The van der Waals surface area contributed by atoms with Gasteiger partial charge < -0.3 is 9.92 Å². The van der Waals surface area contributed by atoms with E-state index in [4.69, 9.17) is 9.92 Å². The first-order valence-electron chi connectivity index (χ1n) is 6.76. The molecule has 5 heteroatoms. The number of rotatable bonds is 3. The summed E-state index contributed by atoms with van der Waals surface area (Å²) in [6.07, 6.45) is 0. The summed E-state index contributed by atoms with van der Waals surface area (Å²) >= 11 is 0. The Morgan fingerprint density at radius 2 is 1.55 bits per heavy atom. The number of aryl methyl sites for hydroxylation is 1. The molecule has 0 aliphatic heterocycles. The van der Waals surface area contributed by atoms with Crippen molar-refractivity contribution in [3.05, 3.63) is 66.2 Å². The van der Waals surface area contributed by atoms with Crippen LogP contribution in [-0.2, 0) is 10.1 Å². The van der Waals surface area contributed by atoms with Crippen molar-refractivity contribution in [2.24, 2.45) is 0 Å². The van der Waals surface area contributed by atoms with E-state index in [0.29, 0.717) is 11.1 Å². The van der Waals surface area contributed by atoms with Crippen molar-refractivity contribution in [3.8, 4) is 5.75 Å². The van der Waals surface area contributed by atoms with E-state index in [2.05, 4.69) is 0 Å². The highest BCUT2D eigenvalue weighted by Crippen LogP contribution is 2.32. The molecule has 112 valence electrons. The summed E-state index contributed by atoms with van der Waals surface area (Å²) in [6, 6.07) is 17.1. The molecule has 0 unspecified atom stereocenters. The van der Waals surface area contributed by atoms with Crippen LogP contribution in [0.1, 0.15) is 5.56 Å². The summed E-state index contributed by atoms with van der Waals surface area (Å²) in [6.45, 7) is 1.89. The molecule has 22 heavy (non-hydrogen) atoms. The largest absolute Gasteiger partial charge is 0.398 e. The molecule has 0 saturated heterocycles. The molecule has 0 aromatic heterocycles. The van der Waals surface area contributed by atoms with E-state index in [-0.39, 0.29) is 10.6 Å². The first-order chi connectivity index (χ1) is 10.5. The SMILES string of the molecule is Cc1ccc(S(=O)(=O)Oc2cccc3cccc(N)c23)cc1. The van der Waals surface area contributed by atoms with Crippen LogP contribution >= 0.6 is 0 Å². The Kier molecular flexibility index (Phi) is 3.50. The zero-order valence-corrected chi connectivity index (χ0v) is 12.8. The molecule has 3 aromatic rings. The lowest BCUT2D eigenvalue weighted by molar-refractivity contribution is 0.489. The number of fused-ring (bicyclic) bond motifs is 1. The van der Waals surface area contributed by atoms with Crippen molar-refractivity contribution in [2.75, 3.05) is 5.73 Å². The van der Waals surface area contributed by atoms with Crippen LogP contribution in [0.4, 0.5) is 5.69 Å². The van der Waals surface area contributed by atoms with E-state index < -0.39 is 10.1 Å². The second-order valence-corrected chi connectivity index (χ2v) is 6.60. The summed E-state index contributed by atoms with van der Waals surface area (Å²) < 4.78 is 30.1. The molecule has 0 spiro atoms. The Hall–Kier alpha value is -2.53. The van der Waals surface area contributed by atoms with E-state index >= 15 is 0 Å². The summed E-state index contributed by atoms with van der Waals surface area (Å²) in [7, 11) is -3.89. The first kappa shape index (κ1) is 14.4. The molecule has 3 rings (SSSR count). The van der Waals surface area contributed by atoms with E-state index in [0.717, 1.165) is 10.9 Å². The quantitative estimate of drug-likeness (QED) is 0.593. The zero-order valence-electron chi connectivity index (χ0n) is 12.0. The number of benzene rings is 3. The van der Waals surface area contributed by atoms with E-state index in [1.54, 1.807) is 30.3 Å². The van der Waals surface area contributed by atoms with Gasteiger partial charge in [-0.15, -0.1) is 0 Å². The number of nitrogen functional groups attached to an aromatic ring is 1. The van der Waals surface area contributed by atoms with Gasteiger partial charge in [0.2, 0.25) is 0 Å². The smallest absolute Gasteiger partial charge is 0.339 e. The van der Waals surface area contributed by atoms with Crippen molar-refractivity contribution in [1.29, 1.82) is 0 Å². The fourth-order valence-corrected chi connectivity index (χ4v) is 3.22. The van der Waals surface area contributed by atoms with Gasteiger partial charge in [-0.2, -0.15) is 8.42 Å². The molecule has 0 atom stereocenters. The normalized spacial score (nSPS) is 11.5. The molecule has 4 nitrogen and oxygen atoms in total. The monoisotopic (exact) mass is 313 g/mol. The maximum Gasteiger partial charge on any atom is 0.339 e. The summed E-state index contributed by atoms with van der Waals surface area (Å²) in [4.78, 5) is 0.115. The predicted molar refractivity (Wildman–Crippen MR) is 87.4 cm³/mol. The van der Waals surface area contributed by atoms with Crippen molar-refractivity contribution in [2.45, 2.75) is 11.8 Å². The van der Waals surface area contributed by atoms with Gasteiger partial charge in [0.1, 0.15) is 4.90 Å². The van der Waals surface area contributed by atoms with Crippen molar-refractivity contribution in [3.63, 3.8) is 0 Å². The van der Waals surface area contributed by atoms with E-state index in [1.807, 2.05) is 25.1 Å². The Balaban J connectivity index is 2.08. The maximum atomic E-state index is 12.4. The average Bonchev–Trinajstić information content (AvgIpc) is 2.47. The van der Waals surface area contributed by atoms with Crippen LogP contribution in [0.2, 0.25) is 0 Å². The van der Waals surface area contributed by atoms with Crippen LogP contribution in [0.3, 0.4) is 0 Å². The van der Waals surface area contributed by atoms with Gasteiger partial charge in [-0.25, -0.2) is 0 Å². The van der Waals surface area contributed by atoms with Crippen molar-refractivity contribution in [1.82, 2.24) is 0 Å². The van der Waals surface area contributed by atoms with E-state index in [1.165, 1.54) is 12.1 Å². The number of hydrogen-bond donors (Lipinski definition) is 1. The van der Waals surface area contributed by atoms with Gasteiger partial charge in [0.05, 0.1) is 0 Å². The first-order valence-corrected chi connectivity index (χ1v) is 8.16. The Morgan fingerprint density at radius 1 is 0.909 bits per heavy atom. The summed E-state index contributed by atoms with van der Waals surface area (Å²) in [5, 5.41) is 1.43. The van der Waals surface area contributed by atoms with Gasteiger partial charge in [0, 0.05) is 11.1 Å². The van der Waals surface area contributed by atoms with Gasteiger partial charge in [-0.1, -0.05) is 42.0 Å². The molecule has 0 amide bonds. The lowest BCUT2D eigenvalue weighted by Gasteiger charge is -2.11. The third-order valence-electron chi connectivity index (χ3n) is 3.41. The molecule has 0 radical (unpaired) electrons. The highest BCUT2D eigenvalue weighted by molar-refractivity contribution is 7.87. The Morgan fingerprint density at radius 3 is 2.23 bits per heavy atom. The Bertz CT molecular complexity index is 927. The van der Waals surface area contributed by atoms with E-state index in [9.17, 15) is 8.42 Å². The minimum atomic E-state index is -3.89. The van der Waals surface area contributed by atoms with Crippen LogP contribution in [0.5, 0.6) is 5.75 Å². The standard InChI is InChI=1S/C17H15NO3S/c1-12-8-10-14(11-9-12)22(19,20)21-16-7-3-5-13-4-2-6-15(18)17(13)16/h2-11H,18H2,1H3. The minimum Gasteiger partial charge on any atom is -0.398 e. The minimum absolute atomic E-state index is 0.115. The lowest BCUT2D eigenvalue weighted by atomic mass is 10.1. The van der Waals surface area contributed by atoms with Gasteiger partial charge >= 0.3 is 10.1 Å². The van der Waals surface area contributed by atoms with Crippen LogP contribution in [0.25, 0.3) is 10.8 Å². The second-order valence-electron chi connectivity index (χ2n) is 5.05.